The van der Waals surface area contributed by atoms with Crippen molar-refractivity contribution in [2.45, 2.75) is 64.3 Å². The van der Waals surface area contributed by atoms with E-state index in [0.29, 0.717) is 12.0 Å². The molecule has 0 amide bonds. The van der Waals surface area contributed by atoms with Gasteiger partial charge in [-0.15, -0.1) is 0 Å². The highest BCUT2D eigenvalue weighted by Crippen LogP contribution is 2.45. The third kappa shape index (κ3) is 2.43. The molecule has 0 aromatic heterocycles. The SMILES string of the molecule is CC(C)(CCO)N1CC2(CCCCCC2)C1. The first-order chi connectivity index (χ1) is 7.58. The molecule has 1 aliphatic carbocycles. The van der Waals surface area contributed by atoms with Crippen LogP contribution in [0.4, 0.5) is 0 Å². The maximum Gasteiger partial charge on any atom is 0.0448 e. The Labute approximate surface area is 100 Å². The van der Waals surface area contributed by atoms with Crippen molar-refractivity contribution in [1.29, 1.82) is 0 Å². The number of likely N-dealkylation sites (tertiary alicyclic amines) is 1. The summed E-state index contributed by atoms with van der Waals surface area (Å²) in [6.07, 6.45) is 9.56. The Kier molecular flexibility index (Phi) is 3.60. The largest absolute Gasteiger partial charge is 0.396 e. The monoisotopic (exact) mass is 225 g/mol. The molecular formula is C14H27NO. The lowest BCUT2D eigenvalue weighted by molar-refractivity contribution is -0.0802. The minimum absolute atomic E-state index is 0.201. The zero-order valence-corrected chi connectivity index (χ0v) is 11.0. The first-order valence-corrected chi connectivity index (χ1v) is 6.94. The molecule has 2 rings (SSSR count). The van der Waals surface area contributed by atoms with E-state index in [0.717, 1.165) is 6.42 Å². The van der Waals surface area contributed by atoms with Crippen LogP contribution >= 0.6 is 0 Å². The molecule has 2 heteroatoms. The highest BCUT2D eigenvalue weighted by atomic mass is 16.3. The third-order valence-corrected chi connectivity index (χ3v) is 4.80. The van der Waals surface area contributed by atoms with Gasteiger partial charge in [0.15, 0.2) is 0 Å². The van der Waals surface area contributed by atoms with E-state index in [2.05, 4.69) is 18.7 Å². The Morgan fingerprint density at radius 3 is 2.12 bits per heavy atom. The molecule has 16 heavy (non-hydrogen) atoms. The van der Waals surface area contributed by atoms with E-state index in [1.165, 1.54) is 51.6 Å². The highest BCUT2D eigenvalue weighted by Gasteiger charge is 2.47. The van der Waals surface area contributed by atoms with Gasteiger partial charge in [0.2, 0.25) is 0 Å². The molecule has 1 heterocycles. The van der Waals surface area contributed by atoms with Crippen LogP contribution < -0.4 is 0 Å². The van der Waals surface area contributed by atoms with Crippen LogP contribution in [0.5, 0.6) is 0 Å². The first-order valence-electron chi connectivity index (χ1n) is 6.94. The number of hydrogen-bond acceptors (Lipinski definition) is 2. The lowest BCUT2D eigenvalue weighted by atomic mass is 9.71. The number of aliphatic hydroxyl groups is 1. The fourth-order valence-corrected chi connectivity index (χ4v) is 3.42. The Hall–Kier alpha value is -0.0800. The van der Waals surface area contributed by atoms with Gasteiger partial charge in [-0.2, -0.15) is 0 Å². The van der Waals surface area contributed by atoms with Gasteiger partial charge in [0, 0.05) is 25.2 Å². The molecule has 0 unspecified atom stereocenters. The van der Waals surface area contributed by atoms with E-state index < -0.39 is 0 Å². The van der Waals surface area contributed by atoms with Crippen molar-refractivity contribution in [3.8, 4) is 0 Å². The summed E-state index contributed by atoms with van der Waals surface area (Å²) in [5.41, 5.74) is 0.857. The van der Waals surface area contributed by atoms with Gasteiger partial charge in [0.05, 0.1) is 0 Å². The Morgan fingerprint density at radius 1 is 1.06 bits per heavy atom. The van der Waals surface area contributed by atoms with E-state index in [9.17, 15) is 0 Å². The summed E-state index contributed by atoms with van der Waals surface area (Å²) in [7, 11) is 0. The molecule has 2 fully saturated rings. The first kappa shape index (κ1) is 12.4. The fourth-order valence-electron chi connectivity index (χ4n) is 3.42. The van der Waals surface area contributed by atoms with Crippen molar-refractivity contribution in [2.75, 3.05) is 19.7 Å². The molecule has 94 valence electrons. The topological polar surface area (TPSA) is 23.5 Å². The molecule has 1 aliphatic heterocycles. The lowest BCUT2D eigenvalue weighted by Gasteiger charge is -2.57. The molecule has 2 aliphatic rings. The number of aliphatic hydroxyl groups excluding tert-OH is 1. The summed E-state index contributed by atoms with van der Waals surface area (Å²) in [5.74, 6) is 0. The maximum atomic E-state index is 9.09. The molecule has 0 aromatic rings. The Balaban J connectivity index is 1.87. The van der Waals surface area contributed by atoms with Crippen molar-refractivity contribution in [2.24, 2.45) is 5.41 Å². The van der Waals surface area contributed by atoms with E-state index in [1.54, 1.807) is 0 Å². The molecule has 0 bridgehead atoms. The van der Waals surface area contributed by atoms with Crippen molar-refractivity contribution < 1.29 is 5.11 Å². The molecule has 2 nitrogen and oxygen atoms in total. The van der Waals surface area contributed by atoms with E-state index in [1.807, 2.05) is 0 Å². The van der Waals surface area contributed by atoms with Crippen LogP contribution in [0.25, 0.3) is 0 Å². The fraction of sp³-hybridized carbons (Fsp3) is 1.00. The van der Waals surface area contributed by atoms with E-state index in [-0.39, 0.29) is 5.54 Å². The second-order valence-electron chi connectivity index (χ2n) is 6.56. The molecule has 0 radical (unpaired) electrons. The van der Waals surface area contributed by atoms with Gasteiger partial charge in [-0.05, 0) is 38.5 Å². The van der Waals surface area contributed by atoms with Gasteiger partial charge >= 0.3 is 0 Å². The summed E-state index contributed by atoms with van der Waals surface area (Å²) in [6.45, 7) is 7.41. The number of rotatable bonds is 3. The van der Waals surface area contributed by atoms with Crippen molar-refractivity contribution in [1.82, 2.24) is 4.90 Å². The van der Waals surface area contributed by atoms with E-state index in [4.69, 9.17) is 5.11 Å². The molecule has 1 saturated carbocycles. The summed E-state index contributed by atoms with van der Waals surface area (Å²) in [6, 6.07) is 0. The minimum atomic E-state index is 0.201. The van der Waals surface area contributed by atoms with Gasteiger partial charge in [-0.3, -0.25) is 4.90 Å². The normalized spacial score (nSPS) is 26.4. The van der Waals surface area contributed by atoms with Gasteiger partial charge in [-0.1, -0.05) is 25.7 Å². The second kappa shape index (κ2) is 4.66. The Bertz CT molecular complexity index is 221. The van der Waals surface area contributed by atoms with Gasteiger partial charge in [-0.25, -0.2) is 0 Å². The van der Waals surface area contributed by atoms with Crippen molar-refractivity contribution >= 4 is 0 Å². The van der Waals surface area contributed by atoms with Crippen LogP contribution in [0.1, 0.15) is 58.8 Å². The lowest BCUT2D eigenvalue weighted by Crippen LogP contribution is -2.63. The summed E-state index contributed by atoms with van der Waals surface area (Å²) < 4.78 is 0. The average molecular weight is 225 g/mol. The van der Waals surface area contributed by atoms with Crippen molar-refractivity contribution in [3.05, 3.63) is 0 Å². The molecule has 0 aromatic carbocycles. The standard InChI is InChI=1S/C14H27NO/c1-13(2,9-10-16)15-11-14(12-15)7-5-3-4-6-8-14/h16H,3-12H2,1-2H3. The smallest absolute Gasteiger partial charge is 0.0448 e. The quantitative estimate of drug-likeness (QED) is 0.798. The third-order valence-electron chi connectivity index (χ3n) is 4.80. The molecular weight excluding hydrogens is 198 g/mol. The van der Waals surface area contributed by atoms with Gasteiger partial charge in [0.1, 0.15) is 0 Å². The summed E-state index contributed by atoms with van der Waals surface area (Å²) >= 11 is 0. The zero-order valence-electron chi connectivity index (χ0n) is 11.0. The van der Waals surface area contributed by atoms with E-state index >= 15 is 0 Å². The van der Waals surface area contributed by atoms with Crippen LogP contribution in [0.15, 0.2) is 0 Å². The van der Waals surface area contributed by atoms with Gasteiger partial charge < -0.3 is 5.11 Å². The minimum Gasteiger partial charge on any atom is -0.396 e. The van der Waals surface area contributed by atoms with Crippen LogP contribution in [0.3, 0.4) is 0 Å². The predicted octanol–water partition coefficient (Wildman–Crippen LogP) is 2.80. The maximum absolute atomic E-state index is 9.09. The van der Waals surface area contributed by atoms with Crippen LogP contribution in [-0.4, -0.2) is 35.2 Å². The number of nitrogens with zero attached hydrogens (tertiary/aromatic N) is 1. The number of hydrogen-bond donors (Lipinski definition) is 1. The van der Waals surface area contributed by atoms with Gasteiger partial charge in [0.25, 0.3) is 0 Å². The van der Waals surface area contributed by atoms with Crippen molar-refractivity contribution in [3.63, 3.8) is 0 Å². The average Bonchev–Trinajstić information content (AvgIpc) is 2.39. The van der Waals surface area contributed by atoms with Crippen LogP contribution in [-0.2, 0) is 0 Å². The van der Waals surface area contributed by atoms with Crippen LogP contribution in [0.2, 0.25) is 0 Å². The summed E-state index contributed by atoms with van der Waals surface area (Å²) in [5, 5.41) is 9.09. The molecule has 0 atom stereocenters. The molecule has 1 spiro atoms. The molecule has 1 N–H and O–H groups in total. The van der Waals surface area contributed by atoms with Crippen LogP contribution in [0, 0.1) is 5.41 Å². The second-order valence-corrected chi connectivity index (χ2v) is 6.56. The summed E-state index contributed by atoms with van der Waals surface area (Å²) in [4.78, 5) is 2.58. The predicted molar refractivity (Wildman–Crippen MR) is 67.5 cm³/mol. The molecule has 1 saturated heterocycles. The Morgan fingerprint density at radius 2 is 1.62 bits per heavy atom. The highest BCUT2D eigenvalue weighted by molar-refractivity contribution is 5.01. The zero-order chi connectivity index (χ0) is 11.6.